The van der Waals surface area contributed by atoms with Gasteiger partial charge in [-0.3, -0.25) is 0 Å². The van der Waals surface area contributed by atoms with E-state index in [4.69, 9.17) is 29.9 Å². The van der Waals surface area contributed by atoms with E-state index < -0.39 is 34.5 Å². The van der Waals surface area contributed by atoms with E-state index in [0.29, 0.717) is 73.5 Å². The minimum Gasteiger partial charge on any atom is -0.307 e. The van der Waals surface area contributed by atoms with Crippen molar-refractivity contribution >= 4 is 43.6 Å². The molecule has 0 atom stereocenters. The normalized spacial score (nSPS) is 11.8. The third-order valence-corrected chi connectivity index (χ3v) is 14.4. The van der Waals surface area contributed by atoms with E-state index in [1.165, 1.54) is 6.07 Å². The Morgan fingerprint density at radius 3 is 0.988 bits per heavy atom. The molecule has 80 heavy (non-hydrogen) atoms. The molecule has 13 heteroatoms. The molecule has 0 fully saturated rings. The minimum atomic E-state index is -5.08. The van der Waals surface area contributed by atoms with Crippen LogP contribution in [0.15, 0.2) is 237 Å². The van der Waals surface area contributed by atoms with Crippen LogP contribution in [0.4, 0.5) is 22.0 Å². The van der Waals surface area contributed by atoms with Crippen LogP contribution in [0.25, 0.3) is 134 Å². The van der Waals surface area contributed by atoms with Crippen molar-refractivity contribution in [1.29, 1.82) is 0 Å². The zero-order chi connectivity index (χ0) is 54.1. The molecule has 4 heterocycles. The Balaban J connectivity index is 1.03. The molecular weight excluding hydrogens is 1010 g/mol. The highest BCUT2D eigenvalue weighted by Crippen LogP contribution is 2.47. The predicted molar refractivity (Wildman–Crippen MR) is 305 cm³/mol. The van der Waals surface area contributed by atoms with Gasteiger partial charge in [-0.1, -0.05) is 164 Å². The standard InChI is InChI=1S/C67H39F5N8/c68-52-28-17-29-53(69)60(52)50-38-58(79-54-30-15-13-26-46(54)48-36-44(32-34-56(48)79)65-75-61(40-18-5-1-6-19-40)73-62(76-65)41-20-7-2-8-21-41)59(39-51(50)67(70,71)72)80-55-31-16-14-27-47(55)49-37-45(33-35-57(49)80)66-77-63(42-22-9-3-10-23-42)74-64(78-66)43-24-11-4-12-25-43/h1-39H. The first-order valence-electron chi connectivity index (χ1n) is 25.6. The van der Waals surface area contributed by atoms with Crippen molar-refractivity contribution in [3.63, 3.8) is 0 Å². The molecule has 4 aromatic heterocycles. The molecule has 0 aliphatic rings. The Bertz CT molecular complexity index is 4580. The van der Waals surface area contributed by atoms with E-state index in [-0.39, 0.29) is 11.4 Å². The van der Waals surface area contributed by atoms with Gasteiger partial charge in [0.2, 0.25) is 0 Å². The lowest BCUT2D eigenvalue weighted by molar-refractivity contribution is -0.137. The Morgan fingerprint density at radius 2 is 0.613 bits per heavy atom. The number of hydrogen-bond acceptors (Lipinski definition) is 6. The summed E-state index contributed by atoms with van der Waals surface area (Å²) in [7, 11) is 0. The maximum absolute atomic E-state index is 16.1. The molecule has 0 bridgehead atoms. The second-order valence-corrected chi connectivity index (χ2v) is 19.2. The fourth-order valence-corrected chi connectivity index (χ4v) is 10.7. The second-order valence-electron chi connectivity index (χ2n) is 19.2. The summed E-state index contributed by atoms with van der Waals surface area (Å²) in [5.41, 5.74) is 4.43. The van der Waals surface area contributed by atoms with E-state index in [1.807, 2.05) is 211 Å². The molecule has 0 saturated heterocycles. The van der Waals surface area contributed by atoms with Gasteiger partial charge in [-0.25, -0.2) is 38.7 Å². The molecule has 0 aliphatic heterocycles. The van der Waals surface area contributed by atoms with Crippen molar-refractivity contribution in [3.8, 4) is 90.8 Å². The lowest BCUT2D eigenvalue weighted by Gasteiger charge is -2.22. The molecule has 14 aromatic rings. The summed E-state index contributed by atoms with van der Waals surface area (Å²) in [4.78, 5) is 29.7. The molecule has 0 amide bonds. The number of rotatable bonds is 9. The monoisotopic (exact) mass is 1050 g/mol. The number of fused-ring (bicyclic) bond motifs is 6. The van der Waals surface area contributed by atoms with Crippen molar-refractivity contribution in [1.82, 2.24) is 39.0 Å². The lowest BCUT2D eigenvalue weighted by atomic mass is 9.96. The van der Waals surface area contributed by atoms with Gasteiger partial charge in [0, 0.05) is 60.5 Å². The fourth-order valence-electron chi connectivity index (χ4n) is 10.7. The van der Waals surface area contributed by atoms with Gasteiger partial charge in [0.05, 0.1) is 44.6 Å². The molecule has 0 unspecified atom stereocenters. The van der Waals surface area contributed by atoms with Crippen LogP contribution < -0.4 is 0 Å². The smallest absolute Gasteiger partial charge is 0.307 e. The zero-order valence-corrected chi connectivity index (χ0v) is 42.0. The van der Waals surface area contributed by atoms with E-state index in [0.717, 1.165) is 62.7 Å². The van der Waals surface area contributed by atoms with E-state index in [2.05, 4.69) is 0 Å². The van der Waals surface area contributed by atoms with Gasteiger partial charge in [-0.05, 0) is 72.8 Å². The lowest BCUT2D eigenvalue weighted by Crippen LogP contribution is -2.13. The average Bonchev–Trinajstić information content (AvgIpc) is 4.12. The molecule has 10 aromatic carbocycles. The summed E-state index contributed by atoms with van der Waals surface area (Å²) in [6.45, 7) is 0. The number of nitrogens with zero attached hydrogens (tertiary/aromatic N) is 8. The summed E-state index contributed by atoms with van der Waals surface area (Å²) in [6, 6.07) is 70.1. The van der Waals surface area contributed by atoms with Crippen LogP contribution in [0.1, 0.15) is 5.56 Å². The van der Waals surface area contributed by atoms with Crippen molar-refractivity contribution in [2.45, 2.75) is 6.18 Å². The summed E-state index contributed by atoms with van der Waals surface area (Å²) in [5, 5.41) is 2.89. The van der Waals surface area contributed by atoms with Gasteiger partial charge in [-0.2, -0.15) is 13.2 Å². The van der Waals surface area contributed by atoms with E-state index in [9.17, 15) is 0 Å². The second kappa shape index (κ2) is 19.2. The van der Waals surface area contributed by atoms with Gasteiger partial charge in [-0.15, -0.1) is 0 Å². The number of para-hydroxylation sites is 2. The van der Waals surface area contributed by atoms with E-state index in [1.54, 1.807) is 4.57 Å². The summed E-state index contributed by atoms with van der Waals surface area (Å²) >= 11 is 0. The highest BCUT2D eigenvalue weighted by atomic mass is 19.4. The summed E-state index contributed by atoms with van der Waals surface area (Å²) < 4.78 is 83.8. The van der Waals surface area contributed by atoms with Crippen molar-refractivity contribution in [2.75, 3.05) is 0 Å². The van der Waals surface area contributed by atoms with Crippen LogP contribution in [-0.4, -0.2) is 39.0 Å². The first-order valence-corrected chi connectivity index (χ1v) is 25.6. The highest BCUT2D eigenvalue weighted by Gasteiger charge is 2.37. The zero-order valence-electron chi connectivity index (χ0n) is 42.0. The predicted octanol–water partition coefficient (Wildman–Crippen LogP) is 17.2. The van der Waals surface area contributed by atoms with Crippen molar-refractivity contribution in [3.05, 3.63) is 254 Å². The molecule has 0 radical (unpaired) electrons. The SMILES string of the molecule is Fc1cccc(F)c1-c1cc(-n2c3ccccc3c3cc(-c4nc(-c5ccccc5)nc(-c5ccccc5)n4)ccc32)c(-n2c3ccccc3c3cc(-c4nc(-c5ccccc5)nc(-c5ccccc5)n4)ccc32)cc1C(F)(F)F. The Labute approximate surface area is 453 Å². The number of halogens is 5. The summed E-state index contributed by atoms with van der Waals surface area (Å²) in [6.07, 6.45) is -5.08. The molecule has 0 saturated carbocycles. The van der Waals surface area contributed by atoms with Crippen LogP contribution in [0.5, 0.6) is 0 Å². The fraction of sp³-hybridized carbons (Fsp3) is 0.0149. The number of aromatic nitrogens is 8. The summed E-state index contributed by atoms with van der Waals surface area (Å²) in [5.74, 6) is 0.384. The molecule has 14 rings (SSSR count). The van der Waals surface area contributed by atoms with Crippen LogP contribution in [0, 0.1) is 11.6 Å². The number of alkyl halides is 3. The van der Waals surface area contributed by atoms with Gasteiger partial charge >= 0.3 is 6.18 Å². The largest absolute Gasteiger partial charge is 0.417 e. The third kappa shape index (κ3) is 8.30. The van der Waals surface area contributed by atoms with Crippen LogP contribution >= 0.6 is 0 Å². The Morgan fingerprint density at radius 1 is 0.287 bits per heavy atom. The molecule has 0 spiro atoms. The number of hydrogen-bond donors (Lipinski definition) is 0. The molecule has 8 nitrogen and oxygen atoms in total. The van der Waals surface area contributed by atoms with Crippen molar-refractivity contribution in [2.24, 2.45) is 0 Å². The average molecular weight is 1050 g/mol. The van der Waals surface area contributed by atoms with Crippen molar-refractivity contribution < 1.29 is 22.0 Å². The van der Waals surface area contributed by atoms with Gasteiger partial charge in [0.15, 0.2) is 34.9 Å². The van der Waals surface area contributed by atoms with Gasteiger partial charge in [0.1, 0.15) is 11.6 Å². The highest BCUT2D eigenvalue weighted by molar-refractivity contribution is 6.13. The quantitative estimate of drug-likeness (QED) is 0.134. The van der Waals surface area contributed by atoms with Crippen LogP contribution in [0.3, 0.4) is 0 Å². The third-order valence-electron chi connectivity index (χ3n) is 14.4. The van der Waals surface area contributed by atoms with E-state index >= 15 is 22.0 Å². The minimum absolute atomic E-state index is 0.0962. The van der Waals surface area contributed by atoms with Crippen LogP contribution in [0.2, 0.25) is 0 Å². The Hall–Kier alpha value is -10.5. The molecule has 0 aliphatic carbocycles. The maximum atomic E-state index is 16.1. The maximum Gasteiger partial charge on any atom is 0.417 e. The molecule has 0 N–H and O–H groups in total. The van der Waals surface area contributed by atoms with Crippen LogP contribution in [-0.2, 0) is 6.18 Å². The number of benzene rings is 10. The first kappa shape index (κ1) is 47.9. The molecular formula is C67H39F5N8. The van der Waals surface area contributed by atoms with Gasteiger partial charge < -0.3 is 9.13 Å². The first-order chi connectivity index (χ1) is 39.1. The Kier molecular flexibility index (Phi) is 11.5. The topological polar surface area (TPSA) is 87.2 Å². The molecule has 382 valence electrons. The van der Waals surface area contributed by atoms with Gasteiger partial charge in [0.25, 0.3) is 0 Å².